The van der Waals surface area contributed by atoms with Crippen molar-refractivity contribution in [2.45, 2.75) is 24.7 Å². The van der Waals surface area contributed by atoms with Crippen LogP contribution in [-0.4, -0.2) is 44.8 Å². The molecule has 0 bridgehead atoms. The summed E-state index contributed by atoms with van der Waals surface area (Å²) >= 11 is 0. The number of carbonyl (C=O) groups excluding carboxylic acids is 3. The minimum atomic E-state index is -4.22. The molecule has 0 unspecified atom stereocenters. The van der Waals surface area contributed by atoms with E-state index in [4.69, 9.17) is 0 Å². The lowest BCUT2D eigenvalue weighted by molar-refractivity contribution is 0.0593. The van der Waals surface area contributed by atoms with Gasteiger partial charge in [0.25, 0.3) is 21.8 Å². The molecule has 2 amide bonds. The molecule has 0 aliphatic rings. The molecule has 29 heavy (non-hydrogen) atoms. The molecule has 1 aromatic heterocycles. The molecule has 0 aliphatic carbocycles. The molecular weight excluding hydrogens is 398 g/mol. The summed E-state index contributed by atoms with van der Waals surface area (Å²) in [6.07, 6.45) is 2.79. The Kier molecular flexibility index (Phi) is 7.43. The number of methoxy groups -OCH3 is 1. The predicted octanol–water partition coefficient (Wildman–Crippen LogP) is 1.52. The van der Waals surface area contributed by atoms with Crippen LogP contribution in [0, 0.1) is 0 Å². The first-order valence-corrected chi connectivity index (χ1v) is 10.3. The lowest BCUT2D eigenvalue weighted by Gasteiger charge is -2.09. The van der Waals surface area contributed by atoms with E-state index in [-0.39, 0.29) is 21.7 Å². The number of unbranched alkanes of at least 4 members (excludes halogenated alkanes) is 1. The van der Waals surface area contributed by atoms with Gasteiger partial charge in [-0.2, -0.15) is 0 Å². The first-order chi connectivity index (χ1) is 13.8. The Balaban J connectivity index is 2.14. The SMILES string of the molecule is CCCCNC(=O)c1cccc(S(=O)(=O)NC(=O)c2ccc(C(=O)OC)nc2)c1. The van der Waals surface area contributed by atoms with Crippen LogP contribution in [0.15, 0.2) is 47.5 Å². The van der Waals surface area contributed by atoms with Crippen molar-refractivity contribution in [3.8, 4) is 0 Å². The maximum atomic E-state index is 12.5. The highest BCUT2D eigenvalue weighted by Crippen LogP contribution is 2.13. The summed E-state index contributed by atoms with van der Waals surface area (Å²) in [6, 6.07) is 7.86. The molecule has 0 atom stereocenters. The van der Waals surface area contributed by atoms with Crippen molar-refractivity contribution in [3.05, 3.63) is 59.4 Å². The number of benzene rings is 1. The second-order valence-electron chi connectivity index (χ2n) is 6.00. The number of hydrogen-bond acceptors (Lipinski definition) is 7. The third kappa shape index (κ3) is 5.85. The number of pyridine rings is 1. The van der Waals surface area contributed by atoms with Gasteiger partial charge in [0.1, 0.15) is 5.69 Å². The van der Waals surface area contributed by atoms with Gasteiger partial charge in [0.15, 0.2) is 0 Å². The quantitative estimate of drug-likeness (QED) is 0.490. The van der Waals surface area contributed by atoms with Crippen LogP contribution >= 0.6 is 0 Å². The van der Waals surface area contributed by atoms with E-state index in [9.17, 15) is 22.8 Å². The van der Waals surface area contributed by atoms with E-state index in [1.54, 1.807) is 0 Å². The van der Waals surface area contributed by atoms with Crippen LogP contribution in [0.2, 0.25) is 0 Å². The van der Waals surface area contributed by atoms with E-state index >= 15 is 0 Å². The predicted molar refractivity (Wildman–Crippen MR) is 104 cm³/mol. The van der Waals surface area contributed by atoms with Crippen molar-refractivity contribution in [1.82, 2.24) is 15.0 Å². The fraction of sp³-hybridized carbons (Fsp3) is 0.263. The second kappa shape index (κ2) is 9.78. The molecule has 2 aromatic rings. The number of ether oxygens (including phenoxy) is 1. The van der Waals surface area contributed by atoms with Gasteiger partial charge in [-0.25, -0.2) is 22.9 Å². The standard InChI is InChI=1S/C19H21N3O6S/c1-3-4-10-20-17(23)13-6-5-7-15(11-13)29(26,27)22-18(24)14-8-9-16(21-12-14)19(25)28-2/h5-9,11-12H,3-4,10H2,1-2H3,(H,20,23)(H,22,24). The summed E-state index contributed by atoms with van der Waals surface area (Å²) in [5, 5.41) is 2.70. The number of amides is 2. The number of carbonyl (C=O) groups is 3. The highest BCUT2D eigenvalue weighted by atomic mass is 32.2. The molecule has 10 heteroatoms. The Bertz CT molecular complexity index is 1000. The van der Waals surface area contributed by atoms with Gasteiger partial charge < -0.3 is 10.1 Å². The average Bonchev–Trinajstić information content (AvgIpc) is 2.73. The van der Waals surface area contributed by atoms with Crippen molar-refractivity contribution >= 4 is 27.8 Å². The van der Waals surface area contributed by atoms with Gasteiger partial charge >= 0.3 is 5.97 Å². The summed E-state index contributed by atoms with van der Waals surface area (Å²) in [5.74, 6) is -2.00. The molecule has 1 heterocycles. The van der Waals surface area contributed by atoms with E-state index in [0.29, 0.717) is 6.54 Å². The van der Waals surface area contributed by atoms with Gasteiger partial charge in [0, 0.05) is 18.3 Å². The maximum absolute atomic E-state index is 12.5. The molecule has 9 nitrogen and oxygen atoms in total. The van der Waals surface area contributed by atoms with Gasteiger partial charge in [-0.3, -0.25) is 9.59 Å². The number of nitrogens with one attached hydrogen (secondary N) is 2. The number of aromatic nitrogens is 1. The zero-order chi connectivity index (χ0) is 21.4. The van der Waals surface area contributed by atoms with Crippen LogP contribution in [0.1, 0.15) is 51.0 Å². The fourth-order valence-electron chi connectivity index (χ4n) is 2.28. The highest BCUT2D eigenvalue weighted by Gasteiger charge is 2.21. The van der Waals surface area contributed by atoms with Crippen LogP contribution in [0.25, 0.3) is 0 Å². The van der Waals surface area contributed by atoms with Crippen LogP contribution in [0.4, 0.5) is 0 Å². The van der Waals surface area contributed by atoms with E-state index in [1.165, 1.54) is 43.5 Å². The first kappa shape index (κ1) is 22.0. The lowest BCUT2D eigenvalue weighted by Crippen LogP contribution is -2.31. The Hall–Kier alpha value is -3.27. The van der Waals surface area contributed by atoms with Crippen LogP contribution in [-0.2, 0) is 14.8 Å². The minimum absolute atomic E-state index is 0.0197. The monoisotopic (exact) mass is 419 g/mol. The third-order valence-corrected chi connectivity index (χ3v) is 5.20. The lowest BCUT2D eigenvalue weighted by atomic mass is 10.2. The molecule has 0 spiro atoms. The van der Waals surface area contributed by atoms with Gasteiger partial charge in [-0.1, -0.05) is 19.4 Å². The fourth-order valence-corrected chi connectivity index (χ4v) is 3.30. The van der Waals surface area contributed by atoms with Crippen LogP contribution in [0.5, 0.6) is 0 Å². The van der Waals surface area contributed by atoms with Gasteiger partial charge in [-0.15, -0.1) is 0 Å². The van der Waals surface area contributed by atoms with E-state index in [0.717, 1.165) is 19.0 Å². The molecule has 0 fully saturated rings. The van der Waals surface area contributed by atoms with Crippen LogP contribution < -0.4 is 10.0 Å². The number of hydrogen-bond donors (Lipinski definition) is 2. The summed E-state index contributed by atoms with van der Waals surface area (Å²) in [4.78, 5) is 39.3. The Morgan fingerprint density at radius 3 is 2.45 bits per heavy atom. The number of nitrogens with zero attached hydrogens (tertiary/aromatic N) is 1. The number of rotatable bonds is 8. The number of sulfonamides is 1. The summed E-state index contributed by atoms with van der Waals surface area (Å²) in [6.45, 7) is 2.47. The zero-order valence-electron chi connectivity index (χ0n) is 16.0. The molecule has 0 radical (unpaired) electrons. The molecule has 0 saturated carbocycles. The van der Waals surface area contributed by atoms with Crippen molar-refractivity contribution in [2.75, 3.05) is 13.7 Å². The van der Waals surface area contributed by atoms with Gasteiger partial charge in [0.05, 0.1) is 17.6 Å². The Morgan fingerprint density at radius 1 is 1.07 bits per heavy atom. The molecule has 2 rings (SSSR count). The second-order valence-corrected chi connectivity index (χ2v) is 7.68. The van der Waals surface area contributed by atoms with E-state index in [2.05, 4.69) is 15.0 Å². The van der Waals surface area contributed by atoms with Gasteiger partial charge in [-0.05, 0) is 36.8 Å². The highest BCUT2D eigenvalue weighted by molar-refractivity contribution is 7.90. The molecule has 0 saturated heterocycles. The van der Waals surface area contributed by atoms with E-state index < -0.39 is 27.8 Å². The van der Waals surface area contributed by atoms with Crippen molar-refractivity contribution in [3.63, 3.8) is 0 Å². The molecule has 2 N–H and O–H groups in total. The molecule has 154 valence electrons. The van der Waals surface area contributed by atoms with E-state index in [1.807, 2.05) is 11.6 Å². The summed E-state index contributed by atoms with van der Waals surface area (Å²) in [7, 11) is -3.03. The van der Waals surface area contributed by atoms with Crippen molar-refractivity contribution < 1.29 is 27.5 Å². The topological polar surface area (TPSA) is 132 Å². The molecule has 1 aromatic carbocycles. The minimum Gasteiger partial charge on any atom is -0.464 e. The van der Waals surface area contributed by atoms with Crippen LogP contribution in [0.3, 0.4) is 0 Å². The maximum Gasteiger partial charge on any atom is 0.356 e. The van der Waals surface area contributed by atoms with Crippen molar-refractivity contribution in [2.24, 2.45) is 0 Å². The average molecular weight is 419 g/mol. The number of esters is 1. The van der Waals surface area contributed by atoms with Crippen molar-refractivity contribution in [1.29, 1.82) is 0 Å². The first-order valence-electron chi connectivity index (χ1n) is 8.78. The Labute approximate surface area is 168 Å². The Morgan fingerprint density at radius 2 is 1.83 bits per heavy atom. The summed E-state index contributed by atoms with van der Waals surface area (Å²) in [5.41, 5.74) is 0.0870. The normalized spacial score (nSPS) is 10.8. The largest absolute Gasteiger partial charge is 0.464 e. The third-order valence-electron chi connectivity index (χ3n) is 3.87. The van der Waals surface area contributed by atoms with Gasteiger partial charge in [0.2, 0.25) is 0 Å². The molecule has 0 aliphatic heterocycles. The smallest absolute Gasteiger partial charge is 0.356 e. The molecular formula is C19H21N3O6S. The zero-order valence-corrected chi connectivity index (χ0v) is 16.8. The summed E-state index contributed by atoms with van der Waals surface area (Å²) < 4.78 is 31.5.